The lowest BCUT2D eigenvalue weighted by atomic mass is 10.5. The van der Waals surface area contributed by atoms with Crippen LogP contribution < -0.4 is 10.6 Å². The maximum atomic E-state index is 11.7. The zero-order chi connectivity index (χ0) is 13.8. The normalized spacial score (nSPS) is 10.2. The molecule has 19 heavy (non-hydrogen) atoms. The first kappa shape index (κ1) is 12.7. The van der Waals surface area contributed by atoms with Crippen LogP contribution in [-0.2, 0) is 11.3 Å². The van der Waals surface area contributed by atoms with Crippen LogP contribution >= 0.6 is 0 Å². The van der Waals surface area contributed by atoms with Gasteiger partial charge in [-0.3, -0.25) is 19.4 Å². The van der Waals surface area contributed by atoms with E-state index in [1.165, 1.54) is 10.9 Å². The molecule has 0 spiro atoms. The van der Waals surface area contributed by atoms with E-state index in [1.54, 1.807) is 20.2 Å². The predicted molar refractivity (Wildman–Crippen MR) is 65.4 cm³/mol. The molecule has 0 aromatic carbocycles. The van der Waals surface area contributed by atoms with Gasteiger partial charge in [-0.2, -0.15) is 5.10 Å². The quantitative estimate of drug-likeness (QED) is 0.674. The summed E-state index contributed by atoms with van der Waals surface area (Å²) in [5.41, 5.74) is 0.469. The van der Waals surface area contributed by atoms with E-state index in [9.17, 15) is 9.59 Å². The Bertz CT molecular complexity index is 601. The predicted octanol–water partition coefficient (Wildman–Crippen LogP) is -0.692. The molecule has 0 unspecified atom stereocenters. The van der Waals surface area contributed by atoms with Crippen LogP contribution in [-0.4, -0.2) is 43.8 Å². The number of carbonyl (C=O) groups excluding carboxylic acids is 2. The van der Waals surface area contributed by atoms with Crippen LogP contribution in [0.1, 0.15) is 16.4 Å². The number of nitrogens with zero attached hydrogens (tertiary/aromatic N) is 4. The van der Waals surface area contributed by atoms with Crippen molar-refractivity contribution in [2.75, 3.05) is 12.4 Å². The molecular formula is C10H13N7O2. The van der Waals surface area contributed by atoms with Gasteiger partial charge in [-0.05, 0) is 6.92 Å². The van der Waals surface area contributed by atoms with Crippen molar-refractivity contribution < 1.29 is 9.59 Å². The molecule has 2 aromatic heterocycles. The topological polar surface area (TPSA) is 118 Å². The second kappa shape index (κ2) is 5.29. The van der Waals surface area contributed by atoms with Gasteiger partial charge >= 0.3 is 0 Å². The van der Waals surface area contributed by atoms with Crippen LogP contribution in [0.2, 0.25) is 0 Å². The van der Waals surface area contributed by atoms with Crippen molar-refractivity contribution in [1.82, 2.24) is 30.3 Å². The number of H-pyrrole nitrogens is 1. The van der Waals surface area contributed by atoms with Gasteiger partial charge in [0, 0.05) is 13.2 Å². The van der Waals surface area contributed by atoms with Crippen molar-refractivity contribution in [3.05, 3.63) is 24.0 Å². The third-order valence-corrected chi connectivity index (χ3v) is 2.28. The second-order valence-electron chi connectivity index (χ2n) is 3.80. The summed E-state index contributed by atoms with van der Waals surface area (Å²) in [6, 6.07) is 0. The molecule has 9 nitrogen and oxygen atoms in total. The van der Waals surface area contributed by atoms with E-state index in [0.29, 0.717) is 11.5 Å². The highest BCUT2D eigenvalue weighted by Gasteiger charge is 2.12. The Hall–Kier alpha value is -2.71. The summed E-state index contributed by atoms with van der Waals surface area (Å²) < 4.78 is 1.41. The van der Waals surface area contributed by atoms with E-state index in [2.05, 4.69) is 30.9 Å². The second-order valence-corrected chi connectivity index (χ2v) is 3.80. The maximum absolute atomic E-state index is 11.7. The van der Waals surface area contributed by atoms with Gasteiger partial charge in [0.2, 0.25) is 11.7 Å². The summed E-state index contributed by atoms with van der Waals surface area (Å²) in [7, 11) is 1.54. The van der Waals surface area contributed by atoms with Gasteiger partial charge in [0.1, 0.15) is 12.4 Å². The summed E-state index contributed by atoms with van der Waals surface area (Å²) in [5.74, 6) is -0.00794. The Morgan fingerprint density at radius 1 is 1.47 bits per heavy atom. The molecule has 0 saturated heterocycles. The number of aryl methyl sites for hydroxylation is 1. The van der Waals surface area contributed by atoms with Crippen molar-refractivity contribution >= 4 is 17.5 Å². The number of aromatic amines is 1. The largest absolute Gasteiger partial charge is 0.358 e. The molecule has 0 aliphatic rings. The lowest BCUT2D eigenvalue weighted by Crippen LogP contribution is -2.23. The molecule has 2 heterocycles. The minimum Gasteiger partial charge on any atom is -0.358 e. The fourth-order valence-corrected chi connectivity index (χ4v) is 1.37. The number of rotatable bonds is 4. The first-order chi connectivity index (χ1) is 9.08. The third-order valence-electron chi connectivity index (χ3n) is 2.28. The molecule has 100 valence electrons. The van der Waals surface area contributed by atoms with E-state index < -0.39 is 5.91 Å². The van der Waals surface area contributed by atoms with E-state index in [1.807, 2.05) is 0 Å². The number of likely N-dealkylation sites (N-methyl/N-ethyl adjacent to an activating group) is 1. The molecule has 0 aliphatic heterocycles. The first-order valence-electron chi connectivity index (χ1n) is 5.52. The van der Waals surface area contributed by atoms with Gasteiger partial charge < -0.3 is 10.6 Å². The highest BCUT2D eigenvalue weighted by atomic mass is 16.2. The summed E-state index contributed by atoms with van der Waals surface area (Å²) in [5, 5.41) is 15.3. The Morgan fingerprint density at radius 2 is 2.26 bits per heavy atom. The number of amides is 2. The number of aromatic nitrogens is 5. The first-order valence-corrected chi connectivity index (χ1v) is 5.52. The van der Waals surface area contributed by atoms with Crippen molar-refractivity contribution in [3.63, 3.8) is 0 Å². The van der Waals surface area contributed by atoms with E-state index in [4.69, 9.17) is 0 Å². The monoisotopic (exact) mass is 263 g/mol. The fraction of sp³-hybridized carbons (Fsp3) is 0.300. The van der Waals surface area contributed by atoms with Gasteiger partial charge in [0.25, 0.3) is 5.91 Å². The van der Waals surface area contributed by atoms with Crippen LogP contribution in [0, 0.1) is 6.92 Å². The highest BCUT2D eigenvalue weighted by Crippen LogP contribution is 2.06. The Morgan fingerprint density at radius 3 is 2.89 bits per heavy atom. The molecule has 0 aliphatic carbocycles. The van der Waals surface area contributed by atoms with Gasteiger partial charge in [-0.15, -0.1) is 5.10 Å². The van der Waals surface area contributed by atoms with E-state index in [0.717, 1.165) is 0 Å². The average molecular weight is 263 g/mol. The molecule has 2 aromatic rings. The summed E-state index contributed by atoms with van der Waals surface area (Å²) in [6.07, 6.45) is 2.99. The smallest absolute Gasteiger partial charge is 0.295 e. The summed E-state index contributed by atoms with van der Waals surface area (Å²) in [6.45, 7) is 1.79. The maximum Gasteiger partial charge on any atom is 0.295 e. The van der Waals surface area contributed by atoms with E-state index >= 15 is 0 Å². The molecular weight excluding hydrogens is 250 g/mol. The van der Waals surface area contributed by atoms with Gasteiger partial charge in [-0.1, -0.05) is 0 Å². The lowest BCUT2D eigenvalue weighted by molar-refractivity contribution is -0.121. The van der Waals surface area contributed by atoms with Crippen LogP contribution in [0.5, 0.6) is 0 Å². The fourth-order valence-electron chi connectivity index (χ4n) is 1.37. The number of hydrogen-bond acceptors (Lipinski definition) is 5. The van der Waals surface area contributed by atoms with Gasteiger partial charge in [0.15, 0.2) is 0 Å². The van der Waals surface area contributed by atoms with Gasteiger partial charge in [0.05, 0.1) is 11.9 Å². The Labute approximate surface area is 108 Å². The standard InChI is InChI=1S/C10H13N7O2/c1-6-13-9(16-15-6)10(19)14-7-3-12-17(4-7)5-8(18)11-2/h3-4H,5H2,1-2H3,(H,11,18)(H,14,19)(H,13,15,16). The van der Waals surface area contributed by atoms with Crippen molar-refractivity contribution in [3.8, 4) is 0 Å². The molecule has 9 heteroatoms. The van der Waals surface area contributed by atoms with Crippen LogP contribution in [0.15, 0.2) is 12.4 Å². The minimum absolute atomic E-state index is 0.0524. The molecule has 0 fully saturated rings. The molecule has 0 saturated carbocycles. The molecule has 0 radical (unpaired) electrons. The Kier molecular flexibility index (Phi) is 3.55. The van der Waals surface area contributed by atoms with Crippen molar-refractivity contribution in [1.29, 1.82) is 0 Å². The molecule has 2 amide bonds. The molecule has 3 N–H and O–H groups in total. The number of nitrogens with one attached hydrogen (secondary N) is 3. The average Bonchev–Trinajstić information content (AvgIpc) is 2.98. The third kappa shape index (κ3) is 3.15. The van der Waals surface area contributed by atoms with Crippen molar-refractivity contribution in [2.24, 2.45) is 0 Å². The Balaban J connectivity index is 2.00. The lowest BCUT2D eigenvalue weighted by Gasteiger charge is -1.99. The number of carbonyl (C=O) groups is 2. The van der Waals surface area contributed by atoms with Crippen LogP contribution in [0.3, 0.4) is 0 Å². The van der Waals surface area contributed by atoms with E-state index in [-0.39, 0.29) is 18.3 Å². The summed E-state index contributed by atoms with van der Waals surface area (Å²) >= 11 is 0. The number of hydrogen-bond donors (Lipinski definition) is 3. The van der Waals surface area contributed by atoms with Crippen molar-refractivity contribution in [2.45, 2.75) is 13.5 Å². The van der Waals surface area contributed by atoms with Crippen LogP contribution in [0.25, 0.3) is 0 Å². The van der Waals surface area contributed by atoms with Gasteiger partial charge in [-0.25, -0.2) is 4.98 Å². The van der Waals surface area contributed by atoms with Crippen LogP contribution in [0.4, 0.5) is 5.69 Å². The summed E-state index contributed by atoms with van der Waals surface area (Å²) in [4.78, 5) is 26.8. The zero-order valence-corrected chi connectivity index (χ0v) is 10.5. The SMILES string of the molecule is CNC(=O)Cn1cc(NC(=O)c2n[nH]c(C)n2)cn1. The number of anilines is 1. The molecule has 0 atom stereocenters. The minimum atomic E-state index is -0.441. The molecule has 0 bridgehead atoms. The zero-order valence-electron chi connectivity index (χ0n) is 10.5. The highest BCUT2D eigenvalue weighted by molar-refractivity contribution is 6.01. The molecule has 2 rings (SSSR count).